The molecule has 1 heterocycles. The molecular weight excluding hydrogens is 266 g/mol. The summed E-state index contributed by atoms with van der Waals surface area (Å²) < 4.78 is 6.85. The molecule has 3 aromatic rings. The predicted octanol–water partition coefficient (Wildman–Crippen LogP) is 2.67. The zero-order chi connectivity index (χ0) is 14.8. The first-order chi connectivity index (χ1) is 10.2. The number of rotatable bonds is 3. The van der Waals surface area contributed by atoms with Crippen molar-refractivity contribution in [3.8, 4) is 17.6 Å². The second-order valence-corrected chi connectivity index (χ2v) is 4.66. The van der Waals surface area contributed by atoms with Gasteiger partial charge in [0.1, 0.15) is 23.1 Å². The van der Waals surface area contributed by atoms with E-state index in [0.29, 0.717) is 12.1 Å². The summed E-state index contributed by atoms with van der Waals surface area (Å²) in [6.07, 6.45) is 1.69. The zero-order valence-electron chi connectivity index (χ0n) is 11.4. The minimum absolute atomic E-state index is 0.0264. The molecule has 1 N–H and O–H groups in total. The van der Waals surface area contributed by atoms with E-state index in [-0.39, 0.29) is 11.3 Å². The van der Waals surface area contributed by atoms with Gasteiger partial charge in [0, 0.05) is 5.39 Å². The number of phenolic OH excluding ortho intramolecular Hbond substituents is 1. The van der Waals surface area contributed by atoms with Gasteiger partial charge in [-0.25, -0.2) is 0 Å². The fraction of sp³-hybridized carbons (Fsp3) is 0.125. The Labute approximate surface area is 121 Å². The molecule has 1 aromatic heterocycles. The van der Waals surface area contributed by atoms with Crippen molar-refractivity contribution in [2.75, 3.05) is 7.11 Å². The Kier molecular flexibility index (Phi) is 3.20. The molecule has 0 atom stereocenters. The van der Waals surface area contributed by atoms with E-state index < -0.39 is 0 Å². The van der Waals surface area contributed by atoms with Crippen molar-refractivity contribution in [1.29, 1.82) is 5.26 Å². The number of hydrogen-bond acceptors (Lipinski definition) is 4. The normalized spacial score (nSPS) is 10.5. The molecular formula is C16H13N3O2. The van der Waals surface area contributed by atoms with Gasteiger partial charge in [-0.15, -0.1) is 0 Å². The first-order valence-corrected chi connectivity index (χ1v) is 6.43. The molecule has 2 aromatic carbocycles. The fourth-order valence-electron chi connectivity index (χ4n) is 2.30. The highest BCUT2D eigenvalue weighted by molar-refractivity contribution is 5.86. The van der Waals surface area contributed by atoms with Crippen LogP contribution in [0.4, 0.5) is 0 Å². The largest absolute Gasteiger partial charge is 0.506 e. The van der Waals surface area contributed by atoms with E-state index in [1.54, 1.807) is 24.1 Å². The molecule has 5 nitrogen and oxygen atoms in total. The average molecular weight is 279 g/mol. The number of nitrogens with zero attached hydrogens (tertiary/aromatic N) is 3. The number of methoxy groups -OCH3 is 1. The summed E-state index contributed by atoms with van der Waals surface area (Å²) in [5.41, 5.74) is 1.93. The van der Waals surface area contributed by atoms with Crippen LogP contribution >= 0.6 is 0 Å². The van der Waals surface area contributed by atoms with E-state index >= 15 is 0 Å². The number of benzene rings is 2. The molecule has 0 unspecified atom stereocenters. The van der Waals surface area contributed by atoms with Gasteiger partial charge in [0.15, 0.2) is 0 Å². The molecule has 0 saturated heterocycles. The Hall–Kier alpha value is -3.00. The smallest absolute Gasteiger partial charge is 0.135 e. The third kappa shape index (κ3) is 2.28. The molecule has 0 aliphatic heterocycles. The molecule has 0 bridgehead atoms. The maximum atomic E-state index is 9.81. The van der Waals surface area contributed by atoms with Gasteiger partial charge in [0.25, 0.3) is 0 Å². The lowest BCUT2D eigenvalue weighted by atomic mass is 10.1. The summed E-state index contributed by atoms with van der Waals surface area (Å²) in [4.78, 5) is 0. The third-order valence-corrected chi connectivity index (χ3v) is 3.38. The number of aromatic hydroxyl groups is 1. The minimum Gasteiger partial charge on any atom is -0.506 e. The molecule has 21 heavy (non-hydrogen) atoms. The Bertz CT molecular complexity index is 829. The fourth-order valence-corrected chi connectivity index (χ4v) is 2.30. The molecule has 3 rings (SSSR count). The van der Waals surface area contributed by atoms with E-state index in [9.17, 15) is 10.4 Å². The number of phenols is 1. The van der Waals surface area contributed by atoms with Crippen LogP contribution in [-0.2, 0) is 6.54 Å². The quantitative estimate of drug-likeness (QED) is 0.800. The van der Waals surface area contributed by atoms with Crippen LogP contribution in [0, 0.1) is 11.3 Å². The van der Waals surface area contributed by atoms with E-state index in [0.717, 1.165) is 16.7 Å². The van der Waals surface area contributed by atoms with Crippen molar-refractivity contribution in [2.45, 2.75) is 6.54 Å². The molecule has 0 aliphatic rings. The SMILES string of the molecule is COc1ccc(Cn2ncc3ccc(O)c(C#N)c32)cc1. The van der Waals surface area contributed by atoms with E-state index in [4.69, 9.17) is 4.74 Å². The van der Waals surface area contributed by atoms with Gasteiger partial charge in [-0.05, 0) is 29.8 Å². The van der Waals surface area contributed by atoms with Crippen LogP contribution in [0.5, 0.6) is 11.5 Å². The highest BCUT2D eigenvalue weighted by atomic mass is 16.5. The van der Waals surface area contributed by atoms with E-state index in [1.807, 2.05) is 30.3 Å². The van der Waals surface area contributed by atoms with Crippen LogP contribution in [-0.4, -0.2) is 22.0 Å². The van der Waals surface area contributed by atoms with E-state index in [1.165, 1.54) is 6.07 Å². The highest BCUT2D eigenvalue weighted by Crippen LogP contribution is 2.26. The van der Waals surface area contributed by atoms with Crippen molar-refractivity contribution in [3.05, 3.63) is 53.7 Å². The Balaban J connectivity index is 2.04. The van der Waals surface area contributed by atoms with Gasteiger partial charge in [-0.3, -0.25) is 4.68 Å². The van der Waals surface area contributed by atoms with Crippen molar-refractivity contribution < 1.29 is 9.84 Å². The number of nitriles is 1. The highest BCUT2D eigenvalue weighted by Gasteiger charge is 2.12. The second-order valence-electron chi connectivity index (χ2n) is 4.66. The van der Waals surface area contributed by atoms with Gasteiger partial charge in [-0.1, -0.05) is 12.1 Å². The Morgan fingerprint density at radius 3 is 2.67 bits per heavy atom. The van der Waals surface area contributed by atoms with Crippen LogP contribution in [0.1, 0.15) is 11.1 Å². The minimum atomic E-state index is -0.0264. The molecule has 0 fully saturated rings. The summed E-state index contributed by atoms with van der Waals surface area (Å²) in [5.74, 6) is 0.765. The van der Waals surface area contributed by atoms with Crippen LogP contribution in [0.3, 0.4) is 0 Å². The summed E-state index contributed by atoms with van der Waals surface area (Å²) in [6, 6.07) is 13.0. The van der Waals surface area contributed by atoms with Gasteiger partial charge < -0.3 is 9.84 Å². The summed E-state index contributed by atoms with van der Waals surface area (Å²) >= 11 is 0. The maximum Gasteiger partial charge on any atom is 0.135 e. The van der Waals surface area contributed by atoms with Crippen LogP contribution in [0.2, 0.25) is 0 Å². The standard InChI is InChI=1S/C16H13N3O2/c1-21-13-5-2-11(3-6-13)10-19-16-12(9-18-19)4-7-15(20)14(16)8-17/h2-7,9,20H,10H2,1H3. The molecule has 0 aliphatic carbocycles. The number of fused-ring (bicyclic) bond motifs is 1. The van der Waals surface area contributed by atoms with Gasteiger partial charge in [0.05, 0.1) is 25.4 Å². The first-order valence-electron chi connectivity index (χ1n) is 6.43. The van der Waals surface area contributed by atoms with Gasteiger partial charge in [-0.2, -0.15) is 10.4 Å². The lowest BCUT2D eigenvalue weighted by Crippen LogP contribution is -2.02. The molecule has 0 radical (unpaired) electrons. The summed E-state index contributed by atoms with van der Waals surface area (Å²) in [6.45, 7) is 0.519. The van der Waals surface area contributed by atoms with Crippen molar-refractivity contribution in [1.82, 2.24) is 9.78 Å². The van der Waals surface area contributed by atoms with Crippen molar-refractivity contribution >= 4 is 10.9 Å². The maximum absolute atomic E-state index is 9.81. The predicted molar refractivity (Wildman–Crippen MR) is 78.2 cm³/mol. The average Bonchev–Trinajstić information content (AvgIpc) is 2.91. The molecule has 0 spiro atoms. The van der Waals surface area contributed by atoms with Gasteiger partial charge in [0.2, 0.25) is 0 Å². The second kappa shape index (κ2) is 5.17. The topological polar surface area (TPSA) is 71.1 Å². The zero-order valence-corrected chi connectivity index (χ0v) is 11.4. The van der Waals surface area contributed by atoms with Crippen molar-refractivity contribution in [2.24, 2.45) is 0 Å². The lowest BCUT2D eigenvalue weighted by Gasteiger charge is -2.07. The lowest BCUT2D eigenvalue weighted by molar-refractivity contribution is 0.414. The summed E-state index contributed by atoms with van der Waals surface area (Å²) in [7, 11) is 1.62. The first kappa shape index (κ1) is 13.0. The molecule has 0 saturated carbocycles. The van der Waals surface area contributed by atoms with E-state index in [2.05, 4.69) is 5.10 Å². The number of aromatic nitrogens is 2. The van der Waals surface area contributed by atoms with Gasteiger partial charge >= 0.3 is 0 Å². The molecule has 0 amide bonds. The number of ether oxygens (including phenoxy) is 1. The number of hydrogen-bond donors (Lipinski definition) is 1. The molecule has 104 valence electrons. The molecule has 5 heteroatoms. The van der Waals surface area contributed by atoms with Crippen LogP contribution in [0.15, 0.2) is 42.6 Å². The van der Waals surface area contributed by atoms with Crippen molar-refractivity contribution in [3.63, 3.8) is 0 Å². The van der Waals surface area contributed by atoms with Crippen LogP contribution < -0.4 is 4.74 Å². The Morgan fingerprint density at radius 1 is 1.24 bits per heavy atom. The van der Waals surface area contributed by atoms with Crippen LogP contribution in [0.25, 0.3) is 10.9 Å². The Morgan fingerprint density at radius 2 is 2.00 bits per heavy atom. The summed E-state index contributed by atoms with van der Waals surface area (Å²) in [5, 5.41) is 24.2. The monoisotopic (exact) mass is 279 g/mol. The third-order valence-electron chi connectivity index (χ3n) is 3.38.